The van der Waals surface area contributed by atoms with Gasteiger partial charge in [-0.2, -0.15) is 0 Å². The van der Waals surface area contributed by atoms with Gasteiger partial charge in [0.25, 0.3) is 0 Å². The highest BCUT2D eigenvalue weighted by molar-refractivity contribution is 7.80. The number of halogens is 1. The summed E-state index contributed by atoms with van der Waals surface area (Å²) in [6, 6.07) is 20.5. The number of nitrogens with one attached hydrogen (secondary N) is 1. The van der Waals surface area contributed by atoms with E-state index in [-0.39, 0.29) is 16.8 Å². The molecule has 0 amide bonds. The minimum Gasteiger partial charge on any atom is -0.493 e. The molecule has 1 fully saturated rings. The summed E-state index contributed by atoms with van der Waals surface area (Å²) < 4.78 is 16.0. The van der Waals surface area contributed by atoms with Gasteiger partial charge in [0, 0.05) is 37.3 Å². The highest BCUT2D eigenvalue weighted by Gasteiger charge is 2.23. The van der Waals surface area contributed by atoms with Crippen LogP contribution in [-0.2, 0) is 6.67 Å². The van der Waals surface area contributed by atoms with Crippen LogP contribution in [0.15, 0.2) is 77.0 Å². The summed E-state index contributed by atoms with van der Waals surface area (Å²) in [4.78, 5) is 4.29. The van der Waals surface area contributed by atoms with Crippen molar-refractivity contribution in [3.8, 4) is 5.88 Å². The van der Waals surface area contributed by atoms with Crippen LogP contribution >= 0.6 is 12.2 Å². The molecule has 0 atom stereocenters. The van der Waals surface area contributed by atoms with E-state index in [1.54, 1.807) is 6.07 Å². The number of rotatable bonds is 5. The monoisotopic (exact) mass is 516 g/mol. The largest absolute Gasteiger partial charge is 0.493 e. The molecule has 2 N–H and O–H groups in total. The van der Waals surface area contributed by atoms with Crippen molar-refractivity contribution in [2.75, 3.05) is 36.4 Å². The Morgan fingerprint density at radius 2 is 1.70 bits per heavy atom. The molecular weight excluding hydrogens is 487 g/mol. The minimum absolute atomic E-state index is 0.0380. The summed E-state index contributed by atoms with van der Waals surface area (Å²) >= 11 is 5.40. The molecule has 1 aliphatic rings. The molecule has 1 saturated heterocycles. The van der Waals surface area contributed by atoms with Crippen molar-refractivity contribution in [1.82, 2.24) is 9.47 Å². The lowest BCUT2D eigenvalue weighted by atomic mass is 10.1. The molecule has 3 aromatic carbocycles. The van der Waals surface area contributed by atoms with Gasteiger partial charge in [-0.3, -0.25) is 9.47 Å². The first-order valence-corrected chi connectivity index (χ1v) is 12.6. The van der Waals surface area contributed by atoms with E-state index >= 15 is 0 Å². The van der Waals surface area contributed by atoms with Crippen molar-refractivity contribution in [2.45, 2.75) is 20.5 Å². The zero-order valence-corrected chi connectivity index (χ0v) is 21.7. The van der Waals surface area contributed by atoms with Crippen LogP contribution < -0.4 is 10.2 Å². The molecule has 4 aromatic rings. The third-order valence-electron chi connectivity index (χ3n) is 6.91. The van der Waals surface area contributed by atoms with Gasteiger partial charge in [0.2, 0.25) is 11.0 Å². The fourth-order valence-electron chi connectivity index (χ4n) is 4.67. The third-order valence-corrected chi connectivity index (χ3v) is 7.10. The molecule has 37 heavy (non-hydrogen) atoms. The Morgan fingerprint density at radius 3 is 2.49 bits per heavy atom. The number of aromatic nitrogens is 1. The van der Waals surface area contributed by atoms with Gasteiger partial charge in [-0.1, -0.05) is 42.5 Å². The second-order valence-electron chi connectivity index (χ2n) is 9.19. The Morgan fingerprint density at radius 1 is 0.973 bits per heavy atom. The summed E-state index contributed by atoms with van der Waals surface area (Å²) in [6.45, 7) is 7.42. The molecular formula is C28H29FN6OS. The normalized spacial score (nSPS) is 14.5. The molecule has 9 heteroatoms. The van der Waals surface area contributed by atoms with E-state index in [1.807, 2.05) is 73.0 Å². The number of hydrogen-bond donors (Lipinski definition) is 2. The summed E-state index contributed by atoms with van der Waals surface area (Å²) in [5, 5.41) is 23.8. The van der Waals surface area contributed by atoms with Crippen molar-refractivity contribution < 1.29 is 9.50 Å². The molecule has 1 aliphatic heterocycles. The number of thiocarbonyl (C=S) groups is 1. The van der Waals surface area contributed by atoms with E-state index < -0.39 is 0 Å². The van der Waals surface area contributed by atoms with Crippen LogP contribution in [0.1, 0.15) is 11.1 Å². The Bertz CT molecular complexity index is 1480. The Kier molecular flexibility index (Phi) is 7.16. The number of hydrogen-bond acceptors (Lipinski definition) is 5. The fourth-order valence-corrected chi connectivity index (χ4v) is 4.82. The van der Waals surface area contributed by atoms with Crippen LogP contribution in [0.5, 0.6) is 5.88 Å². The highest BCUT2D eigenvalue weighted by Crippen LogP contribution is 2.39. The number of benzene rings is 3. The molecule has 0 unspecified atom stereocenters. The fraction of sp³-hybridized carbons (Fsp3) is 0.250. The second-order valence-corrected chi connectivity index (χ2v) is 9.58. The number of anilines is 2. The summed E-state index contributed by atoms with van der Waals surface area (Å²) in [5.41, 5.74) is 4.99. The molecule has 5 rings (SSSR count). The van der Waals surface area contributed by atoms with Crippen molar-refractivity contribution in [3.63, 3.8) is 0 Å². The first-order chi connectivity index (χ1) is 17.9. The molecule has 0 radical (unpaired) electrons. The van der Waals surface area contributed by atoms with Crippen LogP contribution in [0.3, 0.4) is 0 Å². The molecule has 1 aromatic heterocycles. The van der Waals surface area contributed by atoms with Gasteiger partial charge in [-0.15, -0.1) is 10.2 Å². The van der Waals surface area contributed by atoms with E-state index in [0.29, 0.717) is 31.1 Å². The Balaban J connectivity index is 1.32. The van der Waals surface area contributed by atoms with Crippen LogP contribution in [0.4, 0.5) is 21.5 Å². The van der Waals surface area contributed by atoms with Crippen molar-refractivity contribution in [2.24, 2.45) is 10.2 Å². The first kappa shape index (κ1) is 24.9. The maximum absolute atomic E-state index is 14.2. The number of para-hydroxylation sites is 2. The SMILES string of the molecule is Cc1cccc(NC(=S)N=Nc2c(O)n(CN3CCN(c4ccccc4F)CC3)c3ccccc23)c1C. The standard InChI is InChI=1S/C28H29FN6OS/c1-19-8-7-11-23(20(19)2)30-28(37)32-31-26-21-9-3-5-12-24(21)35(27(26)36)18-33-14-16-34(17-15-33)25-13-6-4-10-22(25)29/h3-13,36H,14-18H2,1-2H3,(H,30,37). The summed E-state index contributed by atoms with van der Waals surface area (Å²) in [6.07, 6.45) is 0. The van der Waals surface area contributed by atoms with Gasteiger partial charge in [0.1, 0.15) is 5.82 Å². The lowest BCUT2D eigenvalue weighted by Crippen LogP contribution is -2.47. The summed E-state index contributed by atoms with van der Waals surface area (Å²) in [5.74, 6) is -0.166. The van der Waals surface area contributed by atoms with Crippen LogP contribution in [0.25, 0.3) is 10.9 Å². The molecule has 190 valence electrons. The number of aromatic hydroxyl groups is 1. The van der Waals surface area contributed by atoms with Crippen molar-refractivity contribution in [1.29, 1.82) is 0 Å². The molecule has 0 bridgehead atoms. The third kappa shape index (κ3) is 5.19. The van der Waals surface area contributed by atoms with E-state index in [0.717, 1.165) is 40.8 Å². The Hall–Kier alpha value is -3.82. The van der Waals surface area contributed by atoms with Crippen LogP contribution in [-0.4, -0.2) is 45.9 Å². The van der Waals surface area contributed by atoms with Crippen LogP contribution in [0.2, 0.25) is 0 Å². The van der Waals surface area contributed by atoms with E-state index in [2.05, 4.69) is 25.3 Å². The molecule has 2 heterocycles. The van der Waals surface area contributed by atoms with Gasteiger partial charge in [0.05, 0.1) is 17.9 Å². The quantitative estimate of drug-likeness (QED) is 0.239. The lowest BCUT2D eigenvalue weighted by molar-refractivity contribution is 0.200. The predicted molar refractivity (Wildman–Crippen MR) is 150 cm³/mol. The molecule has 0 aliphatic carbocycles. The van der Waals surface area contributed by atoms with E-state index in [4.69, 9.17) is 12.2 Å². The molecule has 7 nitrogen and oxygen atoms in total. The maximum atomic E-state index is 14.2. The molecule has 0 saturated carbocycles. The van der Waals surface area contributed by atoms with Crippen molar-refractivity contribution in [3.05, 3.63) is 83.7 Å². The number of nitrogens with zero attached hydrogens (tertiary/aromatic N) is 5. The summed E-state index contributed by atoms with van der Waals surface area (Å²) in [7, 11) is 0. The number of piperazine rings is 1. The van der Waals surface area contributed by atoms with Gasteiger partial charge in [0.15, 0.2) is 5.69 Å². The predicted octanol–water partition coefficient (Wildman–Crippen LogP) is 6.36. The average molecular weight is 517 g/mol. The Labute approximate surface area is 220 Å². The van der Waals surface area contributed by atoms with Gasteiger partial charge >= 0.3 is 0 Å². The molecule has 0 spiro atoms. The minimum atomic E-state index is -0.204. The number of azo groups is 1. The number of fused-ring (bicyclic) bond motifs is 1. The number of aryl methyl sites for hydroxylation is 1. The van der Waals surface area contributed by atoms with Gasteiger partial charge in [-0.05, 0) is 61.5 Å². The first-order valence-electron chi connectivity index (χ1n) is 12.2. The van der Waals surface area contributed by atoms with Gasteiger partial charge < -0.3 is 15.3 Å². The average Bonchev–Trinajstić information content (AvgIpc) is 3.17. The topological polar surface area (TPSA) is 68.4 Å². The second kappa shape index (κ2) is 10.7. The van der Waals surface area contributed by atoms with E-state index in [1.165, 1.54) is 6.07 Å². The highest BCUT2D eigenvalue weighted by atomic mass is 32.1. The van der Waals surface area contributed by atoms with E-state index in [9.17, 15) is 9.50 Å². The van der Waals surface area contributed by atoms with Crippen molar-refractivity contribution >= 4 is 45.3 Å². The van der Waals surface area contributed by atoms with Gasteiger partial charge in [-0.25, -0.2) is 4.39 Å². The van der Waals surface area contributed by atoms with Crippen LogP contribution in [0, 0.1) is 19.7 Å². The lowest BCUT2D eigenvalue weighted by Gasteiger charge is -2.36. The smallest absolute Gasteiger partial charge is 0.221 e. The zero-order chi connectivity index (χ0) is 25.9. The maximum Gasteiger partial charge on any atom is 0.221 e. The zero-order valence-electron chi connectivity index (χ0n) is 20.9.